The highest BCUT2D eigenvalue weighted by Gasteiger charge is 2.11. The summed E-state index contributed by atoms with van der Waals surface area (Å²) in [6.07, 6.45) is 0. The van der Waals surface area contributed by atoms with Crippen molar-refractivity contribution in [2.24, 2.45) is 0 Å². The minimum atomic E-state index is -2.80. The molecule has 0 spiro atoms. The van der Waals surface area contributed by atoms with Gasteiger partial charge >= 0.3 is 0 Å². The quantitative estimate of drug-likeness (QED) is 0.423. The van der Waals surface area contributed by atoms with Gasteiger partial charge in [0.05, 0.1) is 0 Å². The van der Waals surface area contributed by atoms with Crippen LogP contribution in [0.3, 0.4) is 0 Å². The van der Waals surface area contributed by atoms with Crippen LogP contribution in [-0.2, 0) is 9.24 Å². The average molecular weight is 198 g/mol. The van der Waals surface area contributed by atoms with Crippen molar-refractivity contribution in [3.05, 3.63) is 42.7 Å². The van der Waals surface area contributed by atoms with Crippen LogP contribution in [0.5, 0.6) is 5.75 Å². The van der Waals surface area contributed by atoms with E-state index in [4.69, 9.17) is 9.56 Å². The minimum absolute atomic E-state index is 0.520. The van der Waals surface area contributed by atoms with Gasteiger partial charge in [-0.2, -0.15) is 0 Å². The second kappa shape index (κ2) is 4.26. The van der Waals surface area contributed by atoms with Crippen molar-refractivity contribution >= 4 is 7.37 Å². The predicted octanol–water partition coefficient (Wildman–Crippen LogP) is 3.05. The molecule has 0 saturated heterocycles. The van der Waals surface area contributed by atoms with Gasteiger partial charge in [-0.1, -0.05) is 24.8 Å². The van der Waals surface area contributed by atoms with Gasteiger partial charge in [-0.25, -0.2) is 0 Å². The standard InChI is InChI=1S/C9H11O3P/c1-3-13(2,10)12-11-9-7-5-4-6-8-9/h3-8H,1H2,2H3. The molecule has 13 heavy (non-hydrogen) atoms. The normalized spacial score (nSPS) is 14.5. The van der Waals surface area contributed by atoms with Crippen LogP contribution in [0.1, 0.15) is 0 Å². The maximum atomic E-state index is 11.3. The van der Waals surface area contributed by atoms with Crippen molar-refractivity contribution in [2.45, 2.75) is 0 Å². The van der Waals surface area contributed by atoms with Crippen molar-refractivity contribution in [1.82, 2.24) is 0 Å². The summed E-state index contributed by atoms with van der Waals surface area (Å²) in [5.41, 5.74) is 0. The zero-order valence-corrected chi connectivity index (χ0v) is 8.24. The molecular formula is C9H11O3P. The first-order chi connectivity index (χ1) is 6.14. The maximum Gasteiger partial charge on any atom is 0.265 e. The van der Waals surface area contributed by atoms with Gasteiger partial charge in [0, 0.05) is 6.66 Å². The molecule has 1 aromatic carbocycles. The van der Waals surface area contributed by atoms with E-state index in [-0.39, 0.29) is 0 Å². The average Bonchev–Trinajstić information content (AvgIpc) is 2.17. The third-order valence-corrected chi connectivity index (χ3v) is 2.39. The van der Waals surface area contributed by atoms with Crippen molar-refractivity contribution in [3.63, 3.8) is 0 Å². The molecule has 1 unspecified atom stereocenters. The van der Waals surface area contributed by atoms with E-state index >= 15 is 0 Å². The summed E-state index contributed by atoms with van der Waals surface area (Å²) in [4.78, 5) is 4.83. The van der Waals surface area contributed by atoms with E-state index < -0.39 is 7.37 Å². The number of para-hydroxylation sites is 1. The van der Waals surface area contributed by atoms with Crippen LogP contribution in [0.4, 0.5) is 0 Å². The van der Waals surface area contributed by atoms with Crippen LogP contribution < -0.4 is 4.89 Å². The third-order valence-electron chi connectivity index (χ3n) is 1.36. The van der Waals surface area contributed by atoms with Gasteiger partial charge in [0.1, 0.15) is 0 Å². The Morgan fingerprint density at radius 3 is 2.54 bits per heavy atom. The number of hydrogen-bond donors (Lipinski definition) is 0. The molecule has 1 aromatic rings. The van der Waals surface area contributed by atoms with Crippen LogP contribution in [0.15, 0.2) is 42.7 Å². The molecule has 0 bridgehead atoms. The first kappa shape index (κ1) is 10.0. The molecule has 1 rings (SSSR count). The van der Waals surface area contributed by atoms with Crippen molar-refractivity contribution < 1.29 is 14.1 Å². The third kappa shape index (κ3) is 3.45. The fraction of sp³-hybridized carbons (Fsp3) is 0.111. The first-order valence-corrected chi connectivity index (χ1v) is 5.90. The highest BCUT2D eigenvalue weighted by Crippen LogP contribution is 2.43. The van der Waals surface area contributed by atoms with Crippen molar-refractivity contribution in [2.75, 3.05) is 6.66 Å². The molecule has 0 aromatic heterocycles. The van der Waals surface area contributed by atoms with Crippen LogP contribution >= 0.6 is 7.37 Å². The van der Waals surface area contributed by atoms with Gasteiger partial charge in [0.2, 0.25) is 0 Å². The Bertz CT molecular complexity index is 321. The van der Waals surface area contributed by atoms with E-state index in [0.29, 0.717) is 5.75 Å². The molecule has 70 valence electrons. The minimum Gasteiger partial charge on any atom is -0.331 e. The van der Waals surface area contributed by atoms with Crippen LogP contribution in [0.2, 0.25) is 0 Å². The summed E-state index contributed by atoms with van der Waals surface area (Å²) >= 11 is 0. The molecule has 0 N–H and O–H groups in total. The molecule has 3 nitrogen and oxygen atoms in total. The van der Waals surface area contributed by atoms with E-state index in [0.717, 1.165) is 0 Å². The van der Waals surface area contributed by atoms with E-state index in [1.165, 1.54) is 12.5 Å². The molecule has 0 saturated carbocycles. The number of hydrogen-bond acceptors (Lipinski definition) is 3. The summed E-state index contributed by atoms with van der Waals surface area (Å²) in [7, 11) is -2.80. The molecule has 4 heteroatoms. The fourth-order valence-corrected chi connectivity index (χ4v) is 0.918. The molecule has 0 amide bonds. The topological polar surface area (TPSA) is 35.5 Å². The fourth-order valence-electron chi connectivity index (χ4n) is 0.624. The van der Waals surface area contributed by atoms with E-state index in [1.807, 2.05) is 6.07 Å². The van der Waals surface area contributed by atoms with Gasteiger partial charge in [0.15, 0.2) is 5.75 Å². The molecule has 0 aliphatic carbocycles. The summed E-state index contributed by atoms with van der Waals surface area (Å²) in [5.74, 6) is 1.77. The van der Waals surface area contributed by atoms with E-state index in [1.54, 1.807) is 24.3 Å². The summed E-state index contributed by atoms with van der Waals surface area (Å²) < 4.78 is 16.0. The van der Waals surface area contributed by atoms with Gasteiger partial charge in [-0.3, -0.25) is 4.57 Å². The molecule has 0 radical (unpaired) electrons. The summed E-state index contributed by atoms with van der Waals surface area (Å²) in [5, 5.41) is 0. The second-order valence-electron chi connectivity index (χ2n) is 2.56. The lowest BCUT2D eigenvalue weighted by Gasteiger charge is -2.07. The van der Waals surface area contributed by atoms with Gasteiger partial charge in [-0.15, -0.1) is 4.67 Å². The lowest BCUT2D eigenvalue weighted by molar-refractivity contribution is -0.0947. The van der Waals surface area contributed by atoms with Crippen molar-refractivity contribution in [1.29, 1.82) is 0 Å². The molecule has 1 atom stereocenters. The predicted molar refractivity (Wildman–Crippen MR) is 51.9 cm³/mol. The molecule has 0 aliphatic heterocycles. The molecule has 0 aliphatic rings. The summed E-state index contributed by atoms with van der Waals surface area (Å²) in [6.45, 7) is 4.81. The Morgan fingerprint density at radius 2 is 2.00 bits per heavy atom. The molecule has 0 fully saturated rings. The maximum absolute atomic E-state index is 11.3. The van der Waals surface area contributed by atoms with E-state index in [2.05, 4.69) is 6.58 Å². The smallest absolute Gasteiger partial charge is 0.265 e. The lowest BCUT2D eigenvalue weighted by atomic mass is 10.3. The zero-order valence-electron chi connectivity index (χ0n) is 7.34. The Morgan fingerprint density at radius 1 is 1.38 bits per heavy atom. The van der Waals surface area contributed by atoms with E-state index in [9.17, 15) is 4.57 Å². The zero-order chi connectivity index (χ0) is 9.73. The number of rotatable bonds is 4. The molecular weight excluding hydrogens is 187 g/mol. The Kier molecular flexibility index (Phi) is 3.29. The Balaban J connectivity index is 2.53. The van der Waals surface area contributed by atoms with Gasteiger partial charge in [0.25, 0.3) is 7.37 Å². The van der Waals surface area contributed by atoms with Gasteiger partial charge < -0.3 is 4.89 Å². The second-order valence-corrected chi connectivity index (χ2v) is 4.89. The monoisotopic (exact) mass is 198 g/mol. The highest BCUT2D eigenvalue weighted by atomic mass is 31.2. The van der Waals surface area contributed by atoms with Gasteiger partial charge in [-0.05, 0) is 17.9 Å². The van der Waals surface area contributed by atoms with Crippen LogP contribution in [-0.4, -0.2) is 6.66 Å². The largest absolute Gasteiger partial charge is 0.331 e. The summed E-state index contributed by atoms with van der Waals surface area (Å²) in [6, 6.07) is 8.87. The first-order valence-electron chi connectivity index (χ1n) is 3.76. The Hall–Kier alpha value is -1.05. The highest BCUT2D eigenvalue weighted by molar-refractivity contribution is 7.61. The lowest BCUT2D eigenvalue weighted by Crippen LogP contribution is -1.92. The van der Waals surface area contributed by atoms with Crippen LogP contribution in [0.25, 0.3) is 0 Å². The van der Waals surface area contributed by atoms with Crippen LogP contribution in [0, 0.1) is 0 Å². The SMILES string of the molecule is C=CP(C)(=O)OOc1ccccc1. The number of benzene rings is 1. The van der Waals surface area contributed by atoms with Crippen molar-refractivity contribution in [3.8, 4) is 5.75 Å². The Labute approximate surface area is 77.4 Å². The molecule has 0 heterocycles.